The molecule has 0 saturated carbocycles. The van der Waals surface area contributed by atoms with Crippen molar-refractivity contribution in [2.75, 3.05) is 18.4 Å². The minimum absolute atomic E-state index is 0.185. The van der Waals surface area contributed by atoms with Crippen LogP contribution in [0.4, 0.5) is 5.69 Å². The highest BCUT2D eigenvalue weighted by Gasteiger charge is 2.23. The summed E-state index contributed by atoms with van der Waals surface area (Å²) in [5.41, 5.74) is 0.710. The van der Waals surface area contributed by atoms with E-state index < -0.39 is 10.0 Å². The van der Waals surface area contributed by atoms with Crippen LogP contribution in [0.25, 0.3) is 0 Å². The molecular weight excluding hydrogens is 416 g/mol. The molecule has 28 heavy (non-hydrogen) atoms. The van der Waals surface area contributed by atoms with E-state index in [0.717, 1.165) is 9.18 Å². The van der Waals surface area contributed by atoms with Crippen molar-refractivity contribution in [1.29, 1.82) is 0 Å². The topological polar surface area (TPSA) is 57.7 Å². The lowest BCUT2D eigenvalue weighted by molar-refractivity contribution is 0.0786. The van der Waals surface area contributed by atoms with Gasteiger partial charge in [0.2, 0.25) is 0 Å². The highest BCUT2D eigenvalue weighted by atomic mass is 35.5. The Bertz CT molecular complexity index is 1070. The highest BCUT2D eigenvalue weighted by molar-refractivity contribution is 7.92. The normalized spacial score (nSPS) is 11.2. The zero-order valence-corrected chi connectivity index (χ0v) is 17.8. The van der Waals surface area contributed by atoms with Crippen LogP contribution in [0.1, 0.15) is 15.2 Å². The number of hydrogen-bond donors (Lipinski definition) is 0. The summed E-state index contributed by atoms with van der Waals surface area (Å²) in [6.45, 7) is 0.483. The summed E-state index contributed by atoms with van der Waals surface area (Å²) in [5, 5.41) is 2.16. The van der Waals surface area contributed by atoms with E-state index in [4.69, 9.17) is 11.6 Å². The molecule has 0 N–H and O–H groups in total. The van der Waals surface area contributed by atoms with Gasteiger partial charge in [0.05, 0.1) is 27.7 Å². The molecule has 1 amide bonds. The van der Waals surface area contributed by atoms with Gasteiger partial charge in [0.15, 0.2) is 0 Å². The maximum Gasteiger partial charge on any atom is 0.264 e. The summed E-state index contributed by atoms with van der Waals surface area (Å²) >= 11 is 7.90. The number of anilines is 1. The fourth-order valence-electron chi connectivity index (χ4n) is 2.68. The van der Waals surface area contributed by atoms with Crippen LogP contribution in [0, 0.1) is 0 Å². The smallest absolute Gasteiger partial charge is 0.264 e. The first-order chi connectivity index (χ1) is 13.3. The van der Waals surface area contributed by atoms with Crippen LogP contribution in [0.2, 0.25) is 5.02 Å². The van der Waals surface area contributed by atoms with Gasteiger partial charge in [0, 0.05) is 19.0 Å². The van der Waals surface area contributed by atoms with E-state index in [0.29, 0.717) is 17.8 Å². The lowest BCUT2D eigenvalue weighted by Crippen LogP contribution is -2.28. The van der Waals surface area contributed by atoms with Gasteiger partial charge in [-0.3, -0.25) is 9.10 Å². The summed E-state index contributed by atoms with van der Waals surface area (Å²) < 4.78 is 26.7. The maximum atomic E-state index is 12.8. The Kier molecular flexibility index (Phi) is 6.07. The molecule has 0 aliphatic carbocycles. The van der Waals surface area contributed by atoms with Crippen LogP contribution >= 0.6 is 22.9 Å². The molecule has 0 spiro atoms. The van der Waals surface area contributed by atoms with E-state index in [1.54, 1.807) is 53.6 Å². The Balaban J connectivity index is 1.83. The molecule has 0 bridgehead atoms. The molecular formula is C20H19ClN2O3S2. The SMILES string of the molecule is CN(Cc1cccs1)C(=O)c1ccc(N(C)S(=O)(=O)c2ccccc2)cc1Cl. The molecule has 0 unspecified atom stereocenters. The zero-order chi connectivity index (χ0) is 20.3. The zero-order valence-electron chi connectivity index (χ0n) is 15.4. The molecule has 0 saturated heterocycles. The van der Waals surface area contributed by atoms with E-state index in [1.807, 2.05) is 17.5 Å². The van der Waals surface area contributed by atoms with Crippen LogP contribution in [0.3, 0.4) is 0 Å². The van der Waals surface area contributed by atoms with E-state index in [9.17, 15) is 13.2 Å². The number of nitrogens with zero attached hydrogens (tertiary/aromatic N) is 2. The van der Waals surface area contributed by atoms with Crippen molar-refractivity contribution in [3.05, 3.63) is 81.5 Å². The predicted octanol–water partition coefficient (Wildman–Crippen LogP) is 4.50. The molecule has 0 aliphatic rings. The third kappa shape index (κ3) is 4.22. The van der Waals surface area contributed by atoms with Crippen LogP contribution in [0.5, 0.6) is 0 Å². The Morgan fingerprint density at radius 2 is 1.75 bits per heavy atom. The standard InChI is InChI=1S/C20H19ClN2O3S2/c1-22(14-16-7-6-12-27-16)20(24)18-11-10-15(13-19(18)21)23(2)28(25,26)17-8-4-3-5-9-17/h3-13H,14H2,1-2H3. The van der Waals surface area contributed by atoms with Gasteiger partial charge < -0.3 is 4.90 Å². The number of carbonyl (C=O) groups excluding carboxylic acids is 1. The first-order valence-corrected chi connectivity index (χ1v) is 11.1. The van der Waals surface area contributed by atoms with E-state index in [-0.39, 0.29) is 15.8 Å². The number of halogens is 1. The largest absolute Gasteiger partial charge is 0.337 e. The first-order valence-electron chi connectivity index (χ1n) is 8.42. The Morgan fingerprint density at radius 3 is 2.36 bits per heavy atom. The van der Waals surface area contributed by atoms with Crippen LogP contribution < -0.4 is 4.31 Å². The fourth-order valence-corrected chi connectivity index (χ4v) is 4.90. The van der Waals surface area contributed by atoms with Crippen molar-refractivity contribution >= 4 is 44.6 Å². The number of rotatable bonds is 6. The molecule has 5 nitrogen and oxygen atoms in total. The van der Waals surface area contributed by atoms with E-state index >= 15 is 0 Å². The minimum atomic E-state index is -3.71. The average molecular weight is 435 g/mol. The molecule has 146 valence electrons. The van der Waals surface area contributed by atoms with Gasteiger partial charge in [-0.15, -0.1) is 11.3 Å². The second kappa shape index (κ2) is 8.34. The van der Waals surface area contributed by atoms with Crippen molar-refractivity contribution < 1.29 is 13.2 Å². The van der Waals surface area contributed by atoms with Crippen LogP contribution in [0.15, 0.2) is 70.9 Å². The molecule has 3 aromatic rings. The molecule has 8 heteroatoms. The van der Waals surface area contributed by atoms with Crippen molar-refractivity contribution in [2.24, 2.45) is 0 Å². The maximum absolute atomic E-state index is 12.8. The molecule has 1 heterocycles. The number of hydrogen-bond acceptors (Lipinski definition) is 4. The second-order valence-corrected chi connectivity index (χ2v) is 9.60. The van der Waals surface area contributed by atoms with Crippen molar-refractivity contribution in [3.8, 4) is 0 Å². The molecule has 0 aliphatic heterocycles. The summed E-state index contributed by atoms with van der Waals surface area (Å²) in [7, 11) is -0.548. The number of thiophene rings is 1. The molecule has 0 fully saturated rings. The lowest BCUT2D eigenvalue weighted by atomic mass is 10.2. The van der Waals surface area contributed by atoms with Gasteiger partial charge in [0.25, 0.3) is 15.9 Å². The number of carbonyl (C=O) groups is 1. The van der Waals surface area contributed by atoms with Crippen molar-refractivity contribution in [3.63, 3.8) is 0 Å². The van der Waals surface area contributed by atoms with Crippen molar-refractivity contribution in [1.82, 2.24) is 4.90 Å². The molecule has 0 radical (unpaired) electrons. The van der Waals surface area contributed by atoms with E-state index in [1.165, 1.54) is 25.2 Å². The summed E-state index contributed by atoms with van der Waals surface area (Å²) in [6, 6.07) is 16.7. The Morgan fingerprint density at radius 1 is 1.04 bits per heavy atom. The first kappa shape index (κ1) is 20.4. The van der Waals surface area contributed by atoms with Gasteiger partial charge in [-0.05, 0) is 41.8 Å². The summed E-state index contributed by atoms with van der Waals surface area (Å²) in [6.07, 6.45) is 0. The second-order valence-electron chi connectivity index (χ2n) is 6.19. The minimum Gasteiger partial charge on any atom is -0.337 e. The van der Waals surface area contributed by atoms with Crippen LogP contribution in [-0.4, -0.2) is 33.3 Å². The fraction of sp³-hybridized carbons (Fsp3) is 0.150. The van der Waals surface area contributed by atoms with Gasteiger partial charge >= 0.3 is 0 Å². The Hall–Kier alpha value is -2.35. The quantitative estimate of drug-likeness (QED) is 0.574. The molecule has 3 rings (SSSR count). The highest BCUT2D eigenvalue weighted by Crippen LogP contribution is 2.28. The summed E-state index contributed by atoms with van der Waals surface area (Å²) in [4.78, 5) is 15.5. The number of sulfonamides is 1. The number of benzene rings is 2. The van der Waals surface area contributed by atoms with Crippen molar-refractivity contribution in [2.45, 2.75) is 11.4 Å². The predicted molar refractivity (Wildman–Crippen MR) is 114 cm³/mol. The van der Waals surface area contributed by atoms with Crippen LogP contribution in [-0.2, 0) is 16.6 Å². The molecule has 1 aromatic heterocycles. The van der Waals surface area contributed by atoms with Gasteiger partial charge in [0.1, 0.15) is 0 Å². The lowest BCUT2D eigenvalue weighted by Gasteiger charge is -2.21. The van der Waals surface area contributed by atoms with Gasteiger partial charge in [-0.2, -0.15) is 0 Å². The molecule has 2 aromatic carbocycles. The summed E-state index contributed by atoms with van der Waals surface area (Å²) in [5.74, 6) is -0.224. The average Bonchev–Trinajstić information content (AvgIpc) is 3.20. The third-order valence-corrected chi connectivity index (χ3v) is 7.24. The van der Waals surface area contributed by atoms with E-state index in [2.05, 4.69) is 0 Å². The van der Waals surface area contributed by atoms with Gasteiger partial charge in [-0.25, -0.2) is 8.42 Å². The Labute approximate surface area is 173 Å². The van der Waals surface area contributed by atoms with Gasteiger partial charge in [-0.1, -0.05) is 35.9 Å². The number of amides is 1. The third-order valence-electron chi connectivity index (χ3n) is 4.27. The molecule has 0 atom stereocenters. The monoisotopic (exact) mass is 434 g/mol.